The Kier molecular flexibility index (Phi) is 5.44. The predicted molar refractivity (Wildman–Crippen MR) is 73.8 cm³/mol. The van der Waals surface area contributed by atoms with Gasteiger partial charge in [0.05, 0.1) is 6.04 Å². The number of aromatic nitrogens is 4. The average molecular weight is 269 g/mol. The summed E-state index contributed by atoms with van der Waals surface area (Å²) in [6.45, 7) is 5.43. The van der Waals surface area contributed by atoms with E-state index in [1.807, 2.05) is 4.68 Å². The fourth-order valence-electron chi connectivity index (χ4n) is 2.25. The van der Waals surface area contributed by atoms with Gasteiger partial charge in [0, 0.05) is 18.3 Å². The Morgan fingerprint density at radius 3 is 2.94 bits per heavy atom. The molecule has 1 fully saturated rings. The Morgan fingerprint density at radius 2 is 2.22 bits per heavy atom. The molecule has 18 heavy (non-hydrogen) atoms. The zero-order valence-corrected chi connectivity index (χ0v) is 12.1. The molecule has 1 N–H and O–H groups in total. The first-order chi connectivity index (χ1) is 8.81. The Balaban J connectivity index is 1.77. The molecule has 5 nitrogen and oxygen atoms in total. The molecule has 1 aromatic rings. The maximum absolute atomic E-state index is 4.14. The van der Waals surface area contributed by atoms with Gasteiger partial charge in [-0.2, -0.15) is 0 Å². The van der Waals surface area contributed by atoms with E-state index in [0.717, 1.165) is 17.5 Å². The van der Waals surface area contributed by atoms with E-state index in [4.69, 9.17) is 0 Å². The molecule has 0 amide bonds. The third-order valence-corrected chi connectivity index (χ3v) is 4.51. The first kappa shape index (κ1) is 13.8. The number of thioether (sulfide) groups is 1. The van der Waals surface area contributed by atoms with Crippen molar-refractivity contribution >= 4 is 11.8 Å². The van der Waals surface area contributed by atoms with E-state index in [9.17, 15) is 0 Å². The summed E-state index contributed by atoms with van der Waals surface area (Å²) in [5.74, 6) is 1.03. The van der Waals surface area contributed by atoms with Crippen molar-refractivity contribution in [3.63, 3.8) is 0 Å². The number of rotatable bonds is 7. The fraction of sp³-hybridized carbons (Fsp3) is 0.917. The summed E-state index contributed by atoms with van der Waals surface area (Å²) < 4.78 is 2.03. The lowest BCUT2D eigenvalue weighted by Crippen LogP contribution is -2.27. The summed E-state index contributed by atoms with van der Waals surface area (Å²) in [5.41, 5.74) is 0. The smallest absolute Gasteiger partial charge is 0.209 e. The van der Waals surface area contributed by atoms with Crippen LogP contribution in [0.5, 0.6) is 0 Å². The fourth-order valence-corrected chi connectivity index (χ4v) is 3.07. The molecule has 0 saturated heterocycles. The van der Waals surface area contributed by atoms with Crippen LogP contribution < -0.4 is 5.32 Å². The molecule has 1 saturated carbocycles. The van der Waals surface area contributed by atoms with Crippen LogP contribution in [-0.4, -0.2) is 38.5 Å². The lowest BCUT2D eigenvalue weighted by Gasteiger charge is -2.12. The Labute approximate surface area is 113 Å². The van der Waals surface area contributed by atoms with Crippen LogP contribution in [0, 0.1) is 0 Å². The van der Waals surface area contributed by atoms with Gasteiger partial charge >= 0.3 is 0 Å². The first-order valence-electron chi connectivity index (χ1n) is 6.95. The number of hydrogen-bond acceptors (Lipinski definition) is 5. The van der Waals surface area contributed by atoms with Crippen LogP contribution >= 0.6 is 11.8 Å². The highest BCUT2D eigenvalue weighted by molar-refractivity contribution is 7.99. The van der Waals surface area contributed by atoms with E-state index in [0.29, 0.717) is 12.1 Å². The largest absolute Gasteiger partial charge is 0.313 e. The van der Waals surface area contributed by atoms with Gasteiger partial charge in [-0.3, -0.25) is 0 Å². The van der Waals surface area contributed by atoms with Crippen molar-refractivity contribution in [1.29, 1.82) is 0 Å². The first-order valence-corrected chi connectivity index (χ1v) is 7.94. The van der Waals surface area contributed by atoms with Crippen molar-refractivity contribution in [1.82, 2.24) is 25.5 Å². The molecule has 6 heteroatoms. The van der Waals surface area contributed by atoms with Gasteiger partial charge in [-0.15, -0.1) is 5.10 Å². The van der Waals surface area contributed by atoms with Gasteiger partial charge in [0.2, 0.25) is 5.16 Å². The van der Waals surface area contributed by atoms with Gasteiger partial charge in [0.1, 0.15) is 0 Å². The molecule has 0 aliphatic heterocycles. The highest BCUT2D eigenvalue weighted by Crippen LogP contribution is 2.31. The number of nitrogens with zero attached hydrogens (tertiary/aromatic N) is 4. The molecule has 0 aromatic carbocycles. The minimum atomic E-state index is 0.532. The number of tetrazole rings is 1. The van der Waals surface area contributed by atoms with E-state index in [1.54, 1.807) is 11.8 Å². The van der Waals surface area contributed by atoms with Gasteiger partial charge in [-0.1, -0.05) is 31.5 Å². The highest BCUT2D eigenvalue weighted by atomic mass is 32.2. The minimum Gasteiger partial charge on any atom is -0.313 e. The van der Waals surface area contributed by atoms with Crippen LogP contribution in [0.1, 0.15) is 52.0 Å². The van der Waals surface area contributed by atoms with Gasteiger partial charge in [-0.25, -0.2) is 4.68 Å². The second-order valence-electron chi connectivity index (χ2n) is 4.96. The van der Waals surface area contributed by atoms with Crippen LogP contribution in [0.4, 0.5) is 0 Å². The topological polar surface area (TPSA) is 55.6 Å². The Bertz CT molecular complexity index is 348. The third-order valence-electron chi connectivity index (χ3n) is 3.57. The lowest BCUT2D eigenvalue weighted by molar-refractivity contribution is 0.423. The number of nitrogens with one attached hydrogen (secondary N) is 1. The standard InChI is InChI=1S/C12H23N5S/c1-3-10(2)13-8-9-18-12-14-15-16-17(12)11-6-4-5-7-11/h10-11,13H,3-9H2,1-2H3. The van der Waals surface area contributed by atoms with Crippen molar-refractivity contribution in [2.75, 3.05) is 12.3 Å². The Hall–Kier alpha value is -0.620. The summed E-state index contributed by atoms with van der Waals surface area (Å²) in [4.78, 5) is 0. The average Bonchev–Trinajstić information content (AvgIpc) is 3.04. The van der Waals surface area contributed by atoms with E-state index in [2.05, 4.69) is 34.7 Å². The molecule has 1 atom stereocenters. The van der Waals surface area contributed by atoms with Gasteiger partial charge in [0.25, 0.3) is 0 Å². The highest BCUT2D eigenvalue weighted by Gasteiger charge is 2.21. The molecule has 2 rings (SSSR count). The van der Waals surface area contributed by atoms with Crippen LogP contribution in [0.15, 0.2) is 5.16 Å². The summed E-state index contributed by atoms with van der Waals surface area (Å²) in [6.07, 6.45) is 6.24. The molecule has 102 valence electrons. The molecular weight excluding hydrogens is 246 g/mol. The second-order valence-corrected chi connectivity index (χ2v) is 6.02. The zero-order chi connectivity index (χ0) is 12.8. The molecule has 0 radical (unpaired) electrons. The zero-order valence-electron chi connectivity index (χ0n) is 11.3. The Morgan fingerprint density at radius 1 is 1.44 bits per heavy atom. The van der Waals surface area contributed by atoms with Gasteiger partial charge in [-0.05, 0) is 36.6 Å². The van der Waals surface area contributed by atoms with Crippen LogP contribution in [0.2, 0.25) is 0 Å². The molecule has 1 unspecified atom stereocenters. The predicted octanol–water partition coefficient (Wildman–Crippen LogP) is 2.27. The third kappa shape index (κ3) is 3.68. The maximum atomic E-state index is 4.14. The van der Waals surface area contributed by atoms with Crippen LogP contribution in [0.3, 0.4) is 0 Å². The lowest BCUT2D eigenvalue weighted by atomic mass is 10.3. The maximum Gasteiger partial charge on any atom is 0.209 e. The summed E-state index contributed by atoms with van der Waals surface area (Å²) in [7, 11) is 0. The van der Waals surface area contributed by atoms with E-state index in [1.165, 1.54) is 32.1 Å². The SMILES string of the molecule is CCC(C)NCCSc1nnnn1C1CCCC1. The normalized spacial score (nSPS) is 18.3. The molecule has 1 aliphatic carbocycles. The summed E-state index contributed by atoms with van der Waals surface area (Å²) in [5, 5.41) is 16.6. The monoisotopic (exact) mass is 269 g/mol. The van der Waals surface area contributed by atoms with E-state index >= 15 is 0 Å². The van der Waals surface area contributed by atoms with Gasteiger partial charge in [0.15, 0.2) is 0 Å². The number of hydrogen-bond donors (Lipinski definition) is 1. The summed E-state index contributed by atoms with van der Waals surface area (Å²) >= 11 is 1.76. The van der Waals surface area contributed by atoms with E-state index in [-0.39, 0.29) is 0 Å². The van der Waals surface area contributed by atoms with Crippen molar-refractivity contribution in [3.05, 3.63) is 0 Å². The molecule has 1 aromatic heterocycles. The van der Waals surface area contributed by atoms with Crippen molar-refractivity contribution in [2.24, 2.45) is 0 Å². The van der Waals surface area contributed by atoms with E-state index < -0.39 is 0 Å². The van der Waals surface area contributed by atoms with Crippen molar-refractivity contribution in [2.45, 2.75) is 63.2 Å². The molecule has 1 heterocycles. The molecule has 1 aliphatic rings. The van der Waals surface area contributed by atoms with Gasteiger partial charge < -0.3 is 5.32 Å². The summed E-state index contributed by atoms with van der Waals surface area (Å²) in [6, 6.07) is 1.13. The molecule has 0 spiro atoms. The van der Waals surface area contributed by atoms with Crippen LogP contribution in [0.25, 0.3) is 0 Å². The minimum absolute atomic E-state index is 0.532. The quantitative estimate of drug-likeness (QED) is 0.608. The van der Waals surface area contributed by atoms with Crippen molar-refractivity contribution in [3.8, 4) is 0 Å². The second kappa shape index (κ2) is 7.09. The van der Waals surface area contributed by atoms with Crippen molar-refractivity contribution < 1.29 is 0 Å². The molecular formula is C12H23N5S. The van der Waals surface area contributed by atoms with Crippen LogP contribution in [-0.2, 0) is 0 Å². The molecule has 0 bridgehead atoms.